The van der Waals surface area contributed by atoms with Crippen LogP contribution in [0.3, 0.4) is 0 Å². The van der Waals surface area contributed by atoms with Crippen molar-refractivity contribution in [1.82, 2.24) is 34.9 Å². The van der Waals surface area contributed by atoms with Crippen LogP contribution in [0.2, 0.25) is 0 Å². The first-order chi connectivity index (χ1) is 38.6. The monoisotopic (exact) mass is 1030 g/mol. The molecule has 5 aromatic heterocycles. The maximum Gasteiger partial charge on any atom is 0.163 e. The zero-order valence-corrected chi connectivity index (χ0v) is 46.0. The Morgan fingerprint density at radius 3 is 1.23 bits per heavy atom. The van der Waals surface area contributed by atoms with Crippen LogP contribution < -0.4 is 0 Å². The van der Waals surface area contributed by atoms with E-state index in [0.29, 0.717) is 11.6 Å². The molecular weight excluding hydrogens is 963 g/mol. The summed E-state index contributed by atoms with van der Waals surface area (Å²) >= 11 is 0. The molecule has 0 atom stereocenters. The van der Waals surface area contributed by atoms with Gasteiger partial charge in [-0.1, -0.05) is 218 Å². The summed E-state index contributed by atoms with van der Waals surface area (Å²) < 4.78 is 0. The predicted octanol–water partition coefficient (Wildman–Crippen LogP) is 18.0. The van der Waals surface area contributed by atoms with Crippen LogP contribution in [0.25, 0.3) is 78.8 Å². The van der Waals surface area contributed by atoms with Crippen LogP contribution in [0.15, 0.2) is 267 Å². The second-order valence-corrected chi connectivity index (χ2v) is 18.9. The summed E-state index contributed by atoms with van der Waals surface area (Å²) in [5, 5.41) is 0. The molecule has 7 heteroatoms. The molecule has 0 spiro atoms. The van der Waals surface area contributed by atoms with E-state index < -0.39 is 0 Å². The van der Waals surface area contributed by atoms with Gasteiger partial charge in [0, 0.05) is 68.9 Å². The van der Waals surface area contributed by atoms with Gasteiger partial charge in [0.1, 0.15) is 5.82 Å². The highest BCUT2D eigenvalue weighted by Crippen LogP contribution is 2.27. The van der Waals surface area contributed by atoms with Crippen molar-refractivity contribution in [2.45, 2.75) is 48.5 Å². The SMILES string of the molecule is Cc1cc(-c2ccccc2)nc(-c2ccccc2)c1.Cc1cccc(-c2cccc(C)n2)c1.Cc1cncc(-c2ccccc2)c1C.Cc1nc(-c2ccccc2)nc(-c2ccccc2)n1.Cc1ncccc1-c1ccccc1. The van der Waals surface area contributed by atoms with Crippen LogP contribution >= 0.6 is 0 Å². The third kappa shape index (κ3) is 16.3. The van der Waals surface area contributed by atoms with Crippen molar-refractivity contribution in [1.29, 1.82) is 0 Å². The molecule has 0 bridgehead atoms. The van der Waals surface area contributed by atoms with Crippen molar-refractivity contribution in [3.63, 3.8) is 0 Å². The summed E-state index contributed by atoms with van der Waals surface area (Å²) in [4.78, 5) is 31.1. The molecule has 79 heavy (non-hydrogen) atoms. The Hall–Kier alpha value is -9.85. The van der Waals surface area contributed by atoms with Gasteiger partial charge in [-0.15, -0.1) is 0 Å². The lowest BCUT2D eigenvalue weighted by Crippen LogP contribution is -1.99. The average Bonchev–Trinajstić information content (AvgIpc) is 3.51. The summed E-state index contributed by atoms with van der Waals surface area (Å²) in [6, 6.07) is 84.0. The van der Waals surface area contributed by atoms with Crippen LogP contribution in [0, 0.1) is 48.5 Å². The first-order valence-electron chi connectivity index (χ1n) is 26.5. The molecule has 388 valence electrons. The Labute approximate surface area is 466 Å². The molecule has 7 aromatic carbocycles. The van der Waals surface area contributed by atoms with E-state index in [1.165, 1.54) is 50.1 Å². The van der Waals surface area contributed by atoms with Crippen LogP contribution in [-0.4, -0.2) is 34.9 Å². The van der Waals surface area contributed by atoms with Gasteiger partial charge in [0.05, 0.1) is 17.1 Å². The van der Waals surface area contributed by atoms with Gasteiger partial charge in [-0.05, 0) is 113 Å². The Kier molecular flexibility index (Phi) is 19.9. The molecule has 7 nitrogen and oxygen atoms in total. The smallest absolute Gasteiger partial charge is 0.163 e. The quantitative estimate of drug-likeness (QED) is 0.157. The number of hydrogen-bond acceptors (Lipinski definition) is 7. The van der Waals surface area contributed by atoms with Gasteiger partial charge in [0.15, 0.2) is 11.6 Å². The third-order valence-corrected chi connectivity index (χ3v) is 12.8. The normalized spacial score (nSPS) is 10.2. The van der Waals surface area contributed by atoms with Crippen molar-refractivity contribution >= 4 is 0 Å². The lowest BCUT2D eigenvalue weighted by atomic mass is 10.0. The van der Waals surface area contributed by atoms with Gasteiger partial charge in [-0.3, -0.25) is 15.0 Å². The van der Waals surface area contributed by atoms with Crippen LogP contribution in [0.1, 0.15) is 39.5 Å². The maximum atomic E-state index is 4.77. The van der Waals surface area contributed by atoms with Crippen molar-refractivity contribution in [3.8, 4) is 78.8 Å². The number of aryl methyl sites for hydroxylation is 6. The molecule has 0 saturated heterocycles. The molecule has 0 aliphatic carbocycles. The van der Waals surface area contributed by atoms with E-state index >= 15 is 0 Å². The van der Waals surface area contributed by atoms with Gasteiger partial charge < -0.3 is 0 Å². The van der Waals surface area contributed by atoms with E-state index in [1.807, 2.05) is 185 Å². The highest BCUT2D eigenvalue weighted by atomic mass is 15.0. The molecular formula is C72H65N7. The second kappa shape index (κ2) is 28.3. The minimum absolute atomic E-state index is 0.715. The van der Waals surface area contributed by atoms with Crippen molar-refractivity contribution in [3.05, 3.63) is 307 Å². The molecule has 0 fully saturated rings. The van der Waals surface area contributed by atoms with E-state index in [9.17, 15) is 0 Å². The molecule has 0 amide bonds. The number of benzene rings is 7. The fourth-order valence-electron chi connectivity index (χ4n) is 8.55. The Morgan fingerprint density at radius 1 is 0.291 bits per heavy atom. The predicted molar refractivity (Wildman–Crippen MR) is 328 cm³/mol. The molecule has 0 unspecified atom stereocenters. The van der Waals surface area contributed by atoms with Crippen molar-refractivity contribution in [2.75, 3.05) is 0 Å². The Bertz CT molecular complexity index is 3500. The summed E-state index contributed by atoms with van der Waals surface area (Å²) in [5.74, 6) is 2.16. The van der Waals surface area contributed by atoms with Gasteiger partial charge in [0.2, 0.25) is 0 Å². The second-order valence-electron chi connectivity index (χ2n) is 18.9. The van der Waals surface area contributed by atoms with Crippen molar-refractivity contribution in [2.24, 2.45) is 0 Å². The first kappa shape index (κ1) is 55.4. The third-order valence-electron chi connectivity index (χ3n) is 12.8. The van der Waals surface area contributed by atoms with E-state index in [-0.39, 0.29) is 0 Å². The number of hydrogen-bond donors (Lipinski definition) is 0. The molecule has 0 N–H and O–H groups in total. The average molecular weight is 1030 g/mol. The topological polar surface area (TPSA) is 90.2 Å². The zero-order chi connectivity index (χ0) is 55.2. The molecule has 0 saturated carbocycles. The van der Waals surface area contributed by atoms with Crippen LogP contribution in [-0.2, 0) is 0 Å². The molecule has 0 aliphatic rings. The van der Waals surface area contributed by atoms with Crippen LogP contribution in [0.5, 0.6) is 0 Å². The van der Waals surface area contributed by atoms with Crippen molar-refractivity contribution < 1.29 is 0 Å². The summed E-state index contributed by atoms with van der Waals surface area (Å²) in [6.07, 6.45) is 5.65. The summed E-state index contributed by atoms with van der Waals surface area (Å²) in [7, 11) is 0. The van der Waals surface area contributed by atoms with E-state index in [2.05, 4.69) is 161 Å². The lowest BCUT2D eigenvalue weighted by molar-refractivity contribution is 0.992. The fraction of sp³-hybridized carbons (Fsp3) is 0.0972. The van der Waals surface area contributed by atoms with Gasteiger partial charge in [-0.25, -0.2) is 19.9 Å². The Morgan fingerprint density at radius 2 is 0.747 bits per heavy atom. The maximum absolute atomic E-state index is 4.77. The molecule has 12 aromatic rings. The molecule has 12 rings (SSSR count). The van der Waals surface area contributed by atoms with Gasteiger partial charge in [-0.2, -0.15) is 0 Å². The highest BCUT2D eigenvalue weighted by molar-refractivity contribution is 5.69. The fourth-order valence-corrected chi connectivity index (χ4v) is 8.55. The van der Waals surface area contributed by atoms with E-state index in [4.69, 9.17) is 4.98 Å². The number of aromatic nitrogens is 7. The van der Waals surface area contributed by atoms with Crippen LogP contribution in [0.4, 0.5) is 0 Å². The number of pyridine rings is 4. The highest BCUT2D eigenvalue weighted by Gasteiger charge is 2.09. The van der Waals surface area contributed by atoms with E-state index in [1.54, 1.807) is 0 Å². The number of rotatable bonds is 7. The van der Waals surface area contributed by atoms with Gasteiger partial charge in [0.25, 0.3) is 0 Å². The minimum Gasteiger partial charge on any atom is -0.264 e. The summed E-state index contributed by atoms with van der Waals surface area (Å²) in [5.41, 5.74) is 20.7. The standard InChI is InChI=1S/C18H15N.C16H13N3.2C13H13N.C12H11N/c1-14-12-17(15-8-4-2-5-9-15)19-18(13-14)16-10-6-3-7-11-16;1-12-17-15(13-8-4-2-5-9-13)19-16(18-12)14-10-6-3-7-11-14;1-10-5-3-7-12(9-10)13-8-4-6-11(2)14-13;1-10-8-14-9-13(11(10)2)12-6-4-3-5-7-12;1-10-12(8-5-9-13-10)11-6-3-2-4-7-11/h2-13H,1H3;2-11H,1H3;2*3-9H,1-2H3;2-9H,1H3. The summed E-state index contributed by atoms with van der Waals surface area (Å²) in [6.45, 7) is 14.4. The molecule has 0 aliphatic heterocycles. The lowest BCUT2D eigenvalue weighted by Gasteiger charge is -2.07. The molecule has 5 heterocycles. The van der Waals surface area contributed by atoms with Gasteiger partial charge >= 0.3 is 0 Å². The van der Waals surface area contributed by atoms with E-state index in [0.717, 1.165) is 56.5 Å². The Balaban J connectivity index is 0.000000131. The minimum atomic E-state index is 0.715. The zero-order valence-electron chi connectivity index (χ0n) is 46.0. The first-order valence-corrected chi connectivity index (χ1v) is 26.5. The largest absolute Gasteiger partial charge is 0.264 e. The molecule has 0 radical (unpaired) electrons. The number of nitrogens with zero attached hydrogens (tertiary/aromatic N) is 7.